The number of esters is 1. The van der Waals surface area contributed by atoms with Crippen LogP contribution in [0.5, 0.6) is 0 Å². The van der Waals surface area contributed by atoms with E-state index in [0.717, 1.165) is 37.7 Å². The van der Waals surface area contributed by atoms with Gasteiger partial charge < -0.3 is 14.6 Å². The first-order chi connectivity index (χ1) is 13.9. The van der Waals surface area contributed by atoms with Crippen LogP contribution < -0.4 is 0 Å². The van der Waals surface area contributed by atoms with Gasteiger partial charge >= 0.3 is 11.9 Å². The number of ether oxygens (including phenoxy) is 2. The lowest BCUT2D eigenvalue weighted by Crippen LogP contribution is -2.60. The molecule has 0 aromatic rings. The molecular weight excluding hydrogens is 380 g/mol. The Morgan fingerprint density at radius 3 is 2.53 bits per heavy atom. The summed E-state index contributed by atoms with van der Waals surface area (Å²) in [6.07, 6.45) is 8.84. The summed E-state index contributed by atoms with van der Waals surface area (Å²) in [5, 5.41) is 9.47. The van der Waals surface area contributed by atoms with Crippen molar-refractivity contribution >= 4 is 11.9 Å². The van der Waals surface area contributed by atoms with Crippen LogP contribution in [0.15, 0.2) is 11.6 Å². The number of carboxylic acids is 1. The molecule has 30 heavy (non-hydrogen) atoms. The van der Waals surface area contributed by atoms with Crippen molar-refractivity contribution in [3.8, 4) is 0 Å². The van der Waals surface area contributed by atoms with Crippen molar-refractivity contribution in [1.82, 2.24) is 0 Å². The highest BCUT2D eigenvalue weighted by molar-refractivity contribution is 5.72. The molecular formula is C25H40O5. The third-order valence-electron chi connectivity index (χ3n) is 8.61. The Bertz CT molecular complexity index is 725. The van der Waals surface area contributed by atoms with Crippen LogP contribution in [0.25, 0.3) is 0 Å². The normalized spacial score (nSPS) is 38.6. The van der Waals surface area contributed by atoms with Gasteiger partial charge in [0.05, 0.1) is 23.5 Å². The topological polar surface area (TPSA) is 72.8 Å². The van der Waals surface area contributed by atoms with Gasteiger partial charge in [0.25, 0.3) is 0 Å². The van der Waals surface area contributed by atoms with Gasteiger partial charge in [0.15, 0.2) is 0 Å². The third kappa shape index (κ3) is 3.83. The Morgan fingerprint density at radius 2 is 1.90 bits per heavy atom. The third-order valence-corrected chi connectivity index (χ3v) is 8.61. The quantitative estimate of drug-likeness (QED) is 0.452. The standard InChI is InChI=1S/C25H40O5/c1-7-17(2)21(28)29-16-18-9-10-19-22(3,4)11-8-12-24(19,6)25(18)14-13-23(5,30-25)15-20(26)27/h9,17,19H,7-8,10-16H2,1-6H3,(H,26,27)/t17-,19-,23-,24-,25+/m0/s1. The molecule has 1 saturated carbocycles. The van der Waals surface area contributed by atoms with Crippen molar-refractivity contribution in [3.63, 3.8) is 0 Å². The van der Waals surface area contributed by atoms with Gasteiger partial charge in [-0.15, -0.1) is 0 Å². The molecule has 5 atom stereocenters. The molecule has 0 aromatic heterocycles. The van der Waals surface area contributed by atoms with Crippen molar-refractivity contribution in [2.24, 2.45) is 22.7 Å². The summed E-state index contributed by atoms with van der Waals surface area (Å²) >= 11 is 0. The summed E-state index contributed by atoms with van der Waals surface area (Å²) in [6, 6.07) is 0. The number of carbonyl (C=O) groups is 2. The van der Waals surface area contributed by atoms with Gasteiger partial charge in [0.1, 0.15) is 6.61 Å². The van der Waals surface area contributed by atoms with Crippen molar-refractivity contribution in [2.45, 2.75) is 104 Å². The Hall–Kier alpha value is -1.36. The SMILES string of the molecule is CC[C@H](C)C(=O)OCC1=CC[C@H]2C(C)(C)CCC[C@]2(C)[C@@]12CC[C@@](C)(CC(=O)O)O2. The summed E-state index contributed by atoms with van der Waals surface area (Å²) in [7, 11) is 0. The molecule has 0 aromatic carbocycles. The van der Waals surface area contributed by atoms with Crippen molar-refractivity contribution in [1.29, 1.82) is 0 Å². The van der Waals surface area contributed by atoms with Crippen LogP contribution in [0.2, 0.25) is 0 Å². The molecule has 5 heteroatoms. The summed E-state index contributed by atoms with van der Waals surface area (Å²) < 4.78 is 12.6. The first-order valence-corrected chi connectivity index (χ1v) is 11.7. The molecule has 0 bridgehead atoms. The summed E-state index contributed by atoms with van der Waals surface area (Å²) in [5.41, 5.74) is -0.113. The Labute approximate surface area is 181 Å². The molecule has 1 heterocycles. The van der Waals surface area contributed by atoms with Gasteiger partial charge in [-0.05, 0) is 62.4 Å². The van der Waals surface area contributed by atoms with Crippen LogP contribution in [0.1, 0.15) is 92.9 Å². The van der Waals surface area contributed by atoms with Crippen molar-refractivity contribution < 1.29 is 24.2 Å². The monoisotopic (exact) mass is 420 g/mol. The number of rotatable bonds is 6. The van der Waals surface area contributed by atoms with Gasteiger partial charge in [-0.25, -0.2) is 0 Å². The predicted molar refractivity (Wildman–Crippen MR) is 116 cm³/mol. The minimum absolute atomic E-state index is 0.00116. The van der Waals surface area contributed by atoms with E-state index in [1.54, 1.807) is 0 Å². The Morgan fingerprint density at radius 1 is 1.20 bits per heavy atom. The smallest absolute Gasteiger partial charge is 0.308 e. The number of hydrogen-bond acceptors (Lipinski definition) is 4. The number of allylic oxidation sites excluding steroid dienone is 1. The lowest BCUT2D eigenvalue weighted by molar-refractivity contribution is -0.196. The van der Waals surface area contributed by atoms with Crippen molar-refractivity contribution in [2.75, 3.05) is 6.61 Å². The maximum absolute atomic E-state index is 12.4. The van der Waals surface area contributed by atoms with Gasteiger partial charge in [-0.2, -0.15) is 0 Å². The van der Waals surface area contributed by atoms with E-state index >= 15 is 0 Å². The predicted octanol–water partition coefficient (Wildman–Crippen LogP) is 5.52. The molecule has 1 N–H and O–H groups in total. The number of fused-ring (bicyclic) bond motifs is 2. The van der Waals surface area contributed by atoms with E-state index in [-0.39, 0.29) is 35.7 Å². The number of carboxylic acid groups (broad SMARTS) is 1. The Balaban J connectivity index is 1.98. The Kier molecular flexibility index (Phi) is 6.18. The highest BCUT2D eigenvalue weighted by Crippen LogP contribution is 2.66. The molecule has 2 fully saturated rings. The molecule has 3 rings (SSSR count). The molecule has 1 saturated heterocycles. The summed E-state index contributed by atoms with van der Waals surface area (Å²) in [6.45, 7) is 13.1. The fourth-order valence-electron chi connectivity index (χ4n) is 6.65. The maximum Gasteiger partial charge on any atom is 0.308 e. The molecule has 0 radical (unpaired) electrons. The second kappa shape index (κ2) is 7.96. The van der Waals surface area contributed by atoms with E-state index in [0.29, 0.717) is 12.3 Å². The molecule has 3 aliphatic rings. The van der Waals surface area contributed by atoms with E-state index < -0.39 is 17.2 Å². The highest BCUT2D eigenvalue weighted by Gasteiger charge is 2.65. The fourth-order valence-corrected chi connectivity index (χ4v) is 6.65. The molecule has 0 unspecified atom stereocenters. The van der Waals surface area contributed by atoms with Crippen LogP contribution in [0.4, 0.5) is 0 Å². The number of aliphatic carboxylic acids is 1. The minimum Gasteiger partial charge on any atom is -0.481 e. The molecule has 170 valence electrons. The zero-order valence-electron chi connectivity index (χ0n) is 19.7. The molecule has 0 amide bonds. The zero-order chi connectivity index (χ0) is 22.4. The lowest BCUT2D eigenvalue weighted by atomic mass is 9.46. The van der Waals surface area contributed by atoms with E-state index in [9.17, 15) is 14.7 Å². The lowest BCUT2D eigenvalue weighted by Gasteiger charge is -2.61. The van der Waals surface area contributed by atoms with Gasteiger partial charge in [0, 0.05) is 5.41 Å². The van der Waals surface area contributed by atoms with E-state index in [4.69, 9.17) is 9.47 Å². The molecule has 2 aliphatic carbocycles. The van der Waals surface area contributed by atoms with Crippen LogP contribution in [-0.4, -0.2) is 34.9 Å². The van der Waals surface area contributed by atoms with Crippen LogP contribution in [0, 0.1) is 22.7 Å². The first-order valence-electron chi connectivity index (χ1n) is 11.7. The average molecular weight is 421 g/mol. The minimum atomic E-state index is -0.829. The fraction of sp³-hybridized carbons (Fsp3) is 0.840. The van der Waals surface area contributed by atoms with Gasteiger partial charge in [0.2, 0.25) is 0 Å². The molecule has 1 spiro atoms. The van der Waals surface area contributed by atoms with E-state index in [1.807, 2.05) is 20.8 Å². The average Bonchev–Trinajstić information content (AvgIpc) is 2.99. The number of hydrogen-bond donors (Lipinski definition) is 1. The zero-order valence-corrected chi connectivity index (χ0v) is 19.7. The second-order valence-electron chi connectivity index (χ2n) is 11.1. The largest absolute Gasteiger partial charge is 0.481 e. The van der Waals surface area contributed by atoms with Gasteiger partial charge in [-0.1, -0.05) is 47.1 Å². The highest BCUT2D eigenvalue weighted by atomic mass is 16.5. The maximum atomic E-state index is 12.4. The molecule has 1 aliphatic heterocycles. The van der Waals surface area contributed by atoms with Crippen molar-refractivity contribution in [3.05, 3.63) is 11.6 Å². The van der Waals surface area contributed by atoms with Crippen LogP contribution in [0.3, 0.4) is 0 Å². The second-order valence-corrected chi connectivity index (χ2v) is 11.1. The summed E-state index contributed by atoms with van der Waals surface area (Å²) in [4.78, 5) is 23.9. The van der Waals surface area contributed by atoms with Crippen LogP contribution >= 0.6 is 0 Å². The summed E-state index contributed by atoms with van der Waals surface area (Å²) in [5.74, 6) is -0.662. The van der Waals surface area contributed by atoms with E-state index in [1.165, 1.54) is 6.42 Å². The molecule has 5 nitrogen and oxygen atoms in total. The van der Waals surface area contributed by atoms with Gasteiger partial charge in [-0.3, -0.25) is 9.59 Å². The van der Waals surface area contributed by atoms with E-state index in [2.05, 4.69) is 26.8 Å². The van der Waals surface area contributed by atoms with Crippen LogP contribution in [-0.2, 0) is 19.1 Å². The first kappa shape index (κ1) is 23.3. The number of carbonyl (C=O) groups excluding carboxylic acids is 1.